The summed E-state index contributed by atoms with van der Waals surface area (Å²) in [4.78, 5) is 18.7. The van der Waals surface area contributed by atoms with E-state index in [1.807, 2.05) is 24.5 Å². The molecule has 1 aliphatic heterocycles. The first-order chi connectivity index (χ1) is 19.1. The van der Waals surface area contributed by atoms with Crippen LogP contribution in [0.25, 0.3) is 11.0 Å². The Balaban J connectivity index is 1.13. The summed E-state index contributed by atoms with van der Waals surface area (Å²) in [6.07, 6.45) is 3.65. The van der Waals surface area contributed by atoms with Crippen molar-refractivity contribution in [1.29, 1.82) is 0 Å². The van der Waals surface area contributed by atoms with E-state index in [0.717, 1.165) is 66.1 Å². The minimum absolute atomic E-state index is 0.526. The van der Waals surface area contributed by atoms with Gasteiger partial charge in [0.1, 0.15) is 5.82 Å². The molecule has 1 saturated heterocycles. The van der Waals surface area contributed by atoms with Crippen LogP contribution in [0.3, 0.4) is 0 Å². The van der Waals surface area contributed by atoms with Gasteiger partial charge in [-0.25, -0.2) is 9.97 Å². The standard InChI is InChI=1S/C30H31BrN8/c1-2-37-14-16-38(17-15-37)25-11-8-23(9-12-25)35-30-32-19-26(31)29(36-30)34-24-10-13-28-27(18-24)33-21-39(28)20-22-6-4-3-5-7-22/h3-13,18-19,21H,2,14-17,20H2,1H3,(H2,32,34,35,36). The summed E-state index contributed by atoms with van der Waals surface area (Å²) in [5, 5.41) is 6.75. The number of rotatable bonds is 8. The van der Waals surface area contributed by atoms with Gasteiger partial charge >= 0.3 is 0 Å². The molecule has 0 unspecified atom stereocenters. The molecule has 2 aromatic heterocycles. The summed E-state index contributed by atoms with van der Waals surface area (Å²) in [5.41, 5.74) is 6.36. The molecule has 1 fully saturated rings. The zero-order valence-electron chi connectivity index (χ0n) is 21.9. The van der Waals surface area contributed by atoms with Gasteiger partial charge in [0.2, 0.25) is 5.95 Å². The van der Waals surface area contributed by atoms with E-state index in [1.165, 1.54) is 11.3 Å². The van der Waals surface area contributed by atoms with E-state index < -0.39 is 0 Å². The number of benzene rings is 3. The smallest absolute Gasteiger partial charge is 0.229 e. The van der Waals surface area contributed by atoms with Crippen LogP contribution in [0.4, 0.5) is 28.8 Å². The molecule has 0 bridgehead atoms. The number of fused-ring (bicyclic) bond motifs is 1. The maximum atomic E-state index is 4.71. The van der Waals surface area contributed by atoms with Crippen molar-refractivity contribution in [3.63, 3.8) is 0 Å². The van der Waals surface area contributed by atoms with Crippen LogP contribution >= 0.6 is 15.9 Å². The molecule has 3 aromatic carbocycles. The molecule has 6 rings (SSSR count). The van der Waals surface area contributed by atoms with E-state index in [2.05, 4.69) is 112 Å². The normalized spacial score (nSPS) is 14.1. The highest BCUT2D eigenvalue weighted by atomic mass is 79.9. The van der Waals surface area contributed by atoms with E-state index in [1.54, 1.807) is 6.20 Å². The van der Waals surface area contributed by atoms with E-state index >= 15 is 0 Å². The Kier molecular flexibility index (Phi) is 7.42. The van der Waals surface area contributed by atoms with Crippen molar-refractivity contribution in [2.45, 2.75) is 13.5 Å². The van der Waals surface area contributed by atoms with Crippen LogP contribution in [-0.2, 0) is 6.54 Å². The largest absolute Gasteiger partial charge is 0.369 e. The van der Waals surface area contributed by atoms with Gasteiger partial charge in [-0.15, -0.1) is 0 Å². The highest BCUT2D eigenvalue weighted by molar-refractivity contribution is 9.10. The van der Waals surface area contributed by atoms with Crippen molar-refractivity contribution >= 4 is 55.8 Å². The Bertz CT molecular complexity index is 1540. The first-order valence-corrected chi connectivity index (χ1v) is 14.1. The molecule has 0 spiro atoms. The molecular weight excluding hydrogens is 552 g/mol. The molecule has 8 nitrogen and oxygen atoms in total. The first-order valence-electron chi connectivity index (χ1n) is 13.3. The quantitative estimate of drug-likeness (QED) is 0.223. The number of anilines is 5. The Morgan fingerprint density at radius 2 is 1.62 bits per heavy atom. The van der Waals surface area contributed by atoms with Gasteiger partial charge in [-0.2, -0.15) is 4.98 Å². The van der Waals surface area contributed by atoms with Gasteiger partial charge in [0.25, 0.3) is 0 Å². The fraction of sp³-hybridized carbons (Fsp3) is 0.233. The third-order valence-corrected chi connectivity index (χ3v) is 7.71. The summed E-state index contributed by atoms with van der Waals surface area (Å²) >= 11 is 3.58. The highest BCUT2D eigenvalue weighted by Crippen LogP contribution is 2.28. The monoisotopic (exact) mass is 582 g/mol. The van der Waals surface area contributed by atoms with Crippen molar-refractivity contribution in [1.82, 2.24) is 24.4 Å². The molecule has 0 saturated carbocycles. The SMILES string of the molecule is CCN1CCN(c2ccc(Nc3ncc(Br)c(Nc4ccc5c(c4)ncn5Cc4ccccc4)n3)cc2)CC1. The molecule has 198 valence electrons. The van der Waals surface area contributed by atoms with Crippen LogP contribution in [0.5, 0.6) is 0 Å². The highest BCUT2D eigenvalue weighted by Gasteiger charge is 2.16. The van der Waals surface area contributed by atoms with Crippen LogP contribution in [0.2, 0.25) is 0 Å². The lowest BCUT2D eigenvalue weighted by Gasteiger charge is -2.35. The maximum absolute atomic E-state index is 4.71. The number of aromatic nitrogens is 4. The van der Waals surface area contributed by atoms with Crippen molar-refractivity contribution in [2.24, 2.45) is 0 Å². The van der Waals surface area contributed by atoms with E-state index in [9.17, 15) is 0 Å². The molecule has 9 heteroatoms. The Morgan fingerprint density at radius 3 is 2.38 bits per heavy atom. The summed E-state index contributed by atoms with van der Waals surface area (Å²) in [6, 6.07) is 25.1. The van der Waals surface area contributed by atoms with Gasteiger partial charge in [0.15, 0.2) is 0 Å². The van der Waals surface area contributed by atoms with Crippen LogP contribution < -0.4 is 15.5 Å². The first kappa shape index (κ1) is 25.3. The summed E-state index contributed by atoms with van der Waals surface area (Å²) < 4.78 is 2.94. The van der Waals surface area contributed by atoms with Gasteiger partial charge in [0.05, 0.1) is 21.8 Å². The zero-order valence-corrected chi connectivity index (χ0v) is 23.5. The lowest BCUT2D eigenvalue weighted by Crippen LogP contribution is -2.46. The number of nitrogens with one attached hydrogen (secondary N) is 2. The predicted octanol–water partition coefficient (Wildman–Crippen LogP) is 6.27. The van der Waals surface area contributed by atoms with Crippen LogP contribution in [0, 0.1) is 0 Å². The third kappa shape index (κ3) is 5.89. The van der Waals surface area contributed by atoms with Crippen LogP contribution in [0.1, 0.15) is 12.5 Å². The number of imidazole rings is 1. The lowest BCUT2D eigenvalue weighted by atomic mass is 10.2. The summed E-state index contributed by atoms with van der Waals surface area (Å²) in [7, 11) is 0. The molecule has 5 aromatic rings. The molecule has 0 aliphatic carbocycles. The van der Waals surface area contributed by atoms with Crippen LogP contribution in [0.15, 0.2) is 89.8 Å². The summed E-state index contributed by atoms with van der Waals surface area (Å²) in [6.45, 7) is 8.47. The number of hydrogen-bond donors (Lipinski definition) is 2. The molecular formula is C30H31BrN8. The molecule has 0 radical (unpaired) electrons. The van der Waals surface area contributed by atoms with E-state index in [4.69, 9.17) is 4.98 Å². The zero-order chi connectivity index (χ0) is 26.6. The van der Waals surface area contributed by atoms with Crippen molar-refractivity contribution in [3.8, 4) is 0 Å². The third-order valence-electron chi connectivity index (χ3n) is 7.13. The molecule has 1 aliphatic rings. The average molecular weight is 584 g/mol. The number of halogens is 1. The van der Waals surface area contributed by atoms with Gasteiger partial charge < -0.3 is 25.0 Å². The Morgan fingerprint density at radius 1 is 0.846 bits per heavy atom. The lowest BCUT2D eigenvalue weighted by molar-refractivity contribution is 0.271. The maximum Gasteiger partial charge on any atom is 0.229 e. The number of likely N-dealkylation sites (N-methyl/N-ethyl adjacent to an activating group) is 1. The molecule has 39 heavy (non-hydrogen) atoms. The average Bonchev–Trinajstić information content (AvgIpc) is 3.37. The predicted molar refractivity (Wildman–Crippen MR) is 162 cm³/mol. The molecule has 2 N–H and O–H groups in total. The second-order valence-corrected chi connectivity index (χ2v) is 10.5. The van der Waals surface area contributed by atoms with E-state index in [0.29, 0.717) is 11.8 Å². The molecule has 0 amide bonds. The van der Waals surface area contributed by atoms with Crippen molar-refractivity contribution in [3.05, 3.63) is 95.4 Å². The molecule has 3 heterocycles. The number of hydrogen-bond acceptors (Lipinski definition) is 7. The van der Waals surface area contributed by atoms with Crippen LogP contribution in [-0.4, -0.2) is 57.1 Å². The Hall–Kier alpha value is -3.95. The van der Waals surface area contributed by atoms with Gasteiger partial charge in [-0.3, -0.25) is 0 Å². The van der Waals surface area contributed by atoms with E-state index in [-0.39, 0.29) is 0 Å². The van der Waals surface area contributed by atoms with Gasteiger partial charge in [0, 0.05) is 56.0 Å². The Labute approximate surface area is 236 Å². The number of piperazine rings is 1. The summed E-state index contributed by atoms with van der Waals surface area (Å²) in [5.74, 6) is 1.21. The topological polar surface area (TPSA) is 74.1 Å². The second-order valence-electron chi connectivity index (χ2n) is 9.67. The van der Waals surface area contributed by atoms with Crippen molar-refractivity contribution in [2.75, 3.05) is 48.3 Å². The minimum atomic E-state index is 0.526. The minimum Gasteiger partial charge on any atom is -0.369 e. The van der Waals surface area contributed by atoms with Gasteiger partial charge in [-0.05, 0) is 70.5 Å². The fourth-order valence-corrected chi connectivity index (χ4v) is 5.20. The number of nitrogens with zero attached hydrogens (tertiary/aromatic N) is 6. The van der Waals surface area contributed by atoms with Gasteiger partial charge in [-0.1, -0.05) is 37.3 Å². The van der Waals surface area contributed by atoms with Crippen molar-refractivity contribution < 1.29 is 0 Å². The second kappa shape index (κ2) is 11.4. The fourth-order valence-electron chi connectivity index (χ4n) is 4.91. The molecule has 0 atom stereocenters.